The molecule has 3 aliphatic heterocycles. The van der Waals surface area contributed by atoms with Gasteiger partial charge in [-0.3, -0.25) is 0 Å². The summed E-state index contributed by atoms with van der Waals surface area (Å²) >= 11 is 0. The zero-order chi connectivity index (χ0) is 14.4. The SMILES string of the molecule is COc1ccc2c(c1)[C@H](N)CC1(CCN3CCCC3C1)O2. The molecule has 1 aromatic carbocycles. The molecule has 0 aromatic heterocycles. The number of hydrogen-bond acceptors (Lipinski definition) is 4. The highest BCUT2D eigenvalue weighted by atomic mass is 16.5. The Hall–Kier alpha value is -1.26. The molecule has 2 N–H and O–H groups in total. The predicted molar refractivity (Wildman–Crippen MR) is 81.7 cm³/mol. The molecular formula is C17H24N2O2. The van der Waals surface area contributed by atoms with Crippen LogP contribution in [0.15, 0.2) is 18.2 Å². The van der Waals surface area contributed by atoms with Crippen molar-refractivity contribution in [2.24, 2.45) is 5.73 Å². The smallest absolute Gasteiger partial charge is 0.125 e. The number of ether oxygens (including phenoxy) is 2. The fraction of sp³-hybridized carbons (Fsp3) is 0.647. The third-order valence-electron chi connectivity index (χ3n) is 5.50. The number of piperidine rings is 1. The van der Waals surface area contributed by atoms with Crippen molar-refractivity contribution in [2.75, 3.05) is 20.2 Å². The Kier molecular flexibility index (Phi) is 3.12. The van der Waals surface area contributed by atoms with Gasteiger partial charge in [-0.1, -0.05) is 0 Å². The van der Waals surface area contributed by atoms with Crippen molar-refractivity contribution in [3.05, 3.63) is 23.8 Å². The Morgan fingerprint density at radius 1 is 1.33 bits per heavy atom. The zero-order valence-electron chi connectivity index (χ0n) is 12.7. The molecule has 4 nitrogen and oxygen atoms in total. The van der Waals surface area contributed by atoms with Crippen molar-refractivity contribution in [3.8, 4) is 11.5 Å². The molecule has 1 spiro atoms. The summed E-state index contributed by atoms with van der Waals surface area (Å²) in [5, 5.41) is 0. The van der Waals surface area contributed by atoms with Crippen molar-refractivity contribution < 1.29 is 9.47 Å². The van der Waals surface area contributed by atoms with Gasteiger partial charge in [0.2, 0.25) is 0 Å². The van der Waals surface area contributed by atoms with E-state index in [2.05, 4.69) is 4.90 Å². The van der Waals surface area contributed by atoms with Crippen molar-refractivity contribution in [1.82, 2.24) is 4.90 Å². The zero-order valence-corrected chi connectivity index (χ0v) is 12.7. The van der Waals surface area contributed by atoms with Gasteiger partial charge < -0.3 is 20.1 Å². The first-order chi connectivity index (χ1) is 10.2. The number of fused-ring (bicyclic) bond motifs is 2. The molecule has 21 heavy (non-hydrogen) atoms. The summed E-state index contributed by atoms with van der Waals surface area (Å²) in [6, 6.07) is 6.77. The van der Waals surface area contributed by atoms with E-state index < -0.39 is 0 Å². The molecule has 0 radical (unpaired) electrons. The summed E-state index contributed by atoms with van der Waals surface area (Å²) in [6.07, 6.45) is 5.81. The number of benzene rings is 1. The Balaban J connectivity index is 1.62. The van der Waals surface area contributed by atoms with Crippen LogP contribution in [0.1, 0.15) is 43.7 Å². The maximum absolute atomic E-state index is 6.48. The van der Waals surface area contributed by atoms with E-state index in [1.54, 1.807) is 7.11 Å². The van der Waals surface area contributed by atoms with E-state index in [0.29, 0.717) is 6.04 Å². The summed E-state index contributed by atoms with van der Waals surface area (Å²) < 4.78 is 11.8. The lowest BCUT2D eigenvalue weighted by atomic mass is 9.78. The van der Waals surface area contributed by atoms with E-state index >= 15 is 0 Å². The molecule has 3 aliphatic rings. The van der Waals surface area contributed by atoms with Gasteiger partial charge in [-0.05, 0) is 44.0 Å². The molecule has 2 unspecified atom stereocenters. The van der Waals surface area contributed by atoms with Crippen LogP contribution in [0, 0.1) is 0 Å². The fourth-order valence-corrected chi connectivity index (χ4v) is 4.40. The average molecular weight is 288 g/mol. The van der Waals surface area contributed by atoms with Crippen LogP contribution in [0.3, 0.4) is 0 Å². The van der Waals surface area contributed by atoms with Crippen molar-refractivity contribution >= 4 is 0 Å². The van der Waals surface area contributed by atoms with Crippen molar-refractivity contribution in [3.63, 3.8) is 0 Å². The monoisotopic (exact) mass is 288 g/mol. The topological polar surface area (TPSA) is 47.7 Å². The van der Waals surface area contributed by atoms with Crippen LogP contribution in [0.25, 0.3) is 0 Å². The Labute approximate surface area is 126 Å². The van der Waals surface area contributed by atoms with Crippen LogP contribution < -0.4 is 15.2 Å². The summed E-state index contributed by atoms with van der Waals surface area (Å²) in [4.78, 5) is 2.63. The van der Waals surface area contributed by atoms with Crippen molar-refractivity contribution in [2.45, 2.75) is 49.8 Å². The van der Waals surface area contributed by atoms with Gasteiger partial charge in [0.05, 0.1) is 7.11 Å². The minimum absolute atomic E-state index is 0.0491. The second kappa shape index (κ2) is 4.89. The van der Waals surface area contributed by atoms with Gasteiger partial charge in [0, 0.05) is 37.0 Å². The standard InChI is InChI=1S/C17H24N2O2/c1-20-13-4-5-16-14(9-13)15(18)11-17(21-16)6-8-19-7-2-3-12(19)10-17/h4-5,9,12,15H,2-3,6-8,10-11,18H2,1H3/t12?,15-,17?/m1/s1. The van der Waals surface area contributed by atoms with Gasteiger partial charge in [-0.2, -0.15) is 0 Å². The predicted octanol–water partition coefficient (Wildman–Crippen LogP) is 2.47. The highest BCUT2D eigenvalue weighted by Gasteiger charge is 2.46. The lowest BCUT2D eigenvalue weighted by molar-refractivity contribution is -0.0358. The Morgan fingerprint density at radius 3 is 3.10 bits per heavy atom. The third kappa shape index (κ3) is 2.21. The number of nitrogens with two attached hydrogens (primary N) is 1. The average Bonchev–Trinajstić information content (AvgIpc) is 2.94. The lowest BCUT2D eigenvalue weighted by Crippen LogP contribution is -2.53. The first-order valence-electron chi connectivity index (χ1n) is 8.06. The fourth-order valence-electron chi connectivity index (χ4n) is 4.40. The van der Waals surface area contributed by atoms with Gasteiger partial charge in [0.1, 0.15) is 17.1 Å². The van der Waals surface area contributed by atoms with Crippen molar-refractivity contribution in [1.29, 1.82) is 0 Å². The third-order valence-corrected chi connectivity index (χ3v) is 5.50. The summed E-state index contributed by atoms with van der Waals surface area (Å²) in [6.45, 7) is 2.42. The molecule has 4 rings (SSSR count). The summed E-state index contributed by atoms with van der Waals surface area (Å²) in [5.74, 6) is 1.82. The Bertz CT molecular complexity index is 548. The normalized spacial score (nSPS) is 35.1. The quantitative estimate of drug-likeness (QED) is 0.862. The van der Waals surface area contributed by atoms with Crippen LogP contribution in [-0.4, -0.2) is 36.7 Å². The van der Waals surface area contributed by atoms with Crippen LogP contribution >= 0.6 is 0 Å². The number of hydrogen-bond donors (Lipinski definition) is 1. The van der Waals surface area contributed by atoms with E-state index in [1.807, 2.05) is 18.2 Å². The molecule has 114 valence electrons. The minimum atomic E-state index is -0.0491. The molecule has 4 heteroatoms. The van der Waals surface area contributed by atoms with Gasteiger partial charge >= 0.3 is 0 Å². The molecule has 1 aromatic rings. The van der Waals surface area contributed by atoms with E-state index in [4.69, 9.17) is 15.2 Å². The molecule has 0 amide bonds. The summed E-state index contributed by atoms with van der Waals surface area (Å²) in [5.41, 5.74) is 7.51. The second-order valence-corrected chi connectivity index (χ2v) is 6.79. The largest absolute Gasteiger partial charge is 0.497 e. The first-order valence-corrected chi connectivity index (χ1v) is 8.06. The second-order valence-electron chi connectivity index (χ2n) is 6.79. The maximum Gasteiger partial charge on any atom is 0.125 e. The summed E-state index contributed by atoms with van der Waals surface area (Å²) in [7, 11) is 1.69. The molecule has 3 atom stereocenters. The maximum atomic E-state index is 6.48. The first kappa shape index (κ1) is 13.4. The molecule has 0 saturated carbocycles. The molecule has 3 heterocycles. The molecule has 2 fully saturated rings. The van der Waals surface area contributed by atoms with Crippen LogP contribution in [0.5, 0.6) is 11.5 Å². The van der Waals surface area contributed by atoms with Crippen LogP contribution in [-0.2, 0) is 0 Å². The number of rotatable bonds is 1. The number of methoxy groups -OCH3 is 1. The highest BCUT2D eigenvalue weighted by molar-refractivity contribution is 5.44. The molecule has 2 saturated heterocycles. The van der Waals surface area contributed by atoms with Crippen LogP contribution in [0.4, 0.5) is 0 Å². The van der Waals surface area contributed by atoms with E-state index in [0.717, 1.165) is 42.9 Å². The van der Waals surface area contributed by atoms with Gasteiger partial charge in [-0.15, -0.1) is 0 Å². The van der Waals surface area contributed by atoms with Gasteiger partial charge in [0.25, 0.3) is 0 Å². The van der Waals surface area contributed by atoms with E-state index in [9.17, 15) is 0 Å². The molecule has 0 aliphatic carbocycles. The lowest BCUT2D eigenvalue weighted by Gasteiger charge is -2.48. The highest BCUT2D eigenvalue weighted by Crippen LogP contribution is 2.46. The number of nitrogens with zero attached hydrogens (tertiary/aromatic N) is 1. The van der Waals surface area contributed by atoms with Crippen LogP contribution in [0.2, 0.25) is 0 Å². The van der Waals surface area contributed by atoms with E-state index in [1.165, 1.54) is 19.4 Å². The molecule has 0 bridgehead atoms. The molecular weight excluding hydrogens is 264 g/mol. The minimum Gasteiger partial charge on any atom is -0.497 e. The van der Waals surface area contributed by atoms with Gasteiger partial charge in [0.15, 0.2) is 0 Å². The van der Waals surface area contributed by atoms with E-state index in [-0.39, 0.29) is 11.6 Å². The van der Waals surface area contributed by atoms with Gasteiger partial charge in [-0.25, -0.2) is 0 Å². The Morgan fingerprint density at radius 2 is 2.24 bits per heavy atom.